The molecule has 0 aliphatic heterocycles. The van der Waals surface area contributed by atoms with Gasteiger partial charge in [-0.25, -0.2) is 0 Å². The van der Waals surface area contributed by atoms with Gasteiger partial charge in [0.05, 0.1) is 11.6 Å². The highest BCUT2D eigenvalue weighted by molar-refractivity contribution is 9.10. The van der Waals surface area contributed by atoms with Crippen molar-refractivity contribution in [2.45, 2.75) is 46.5 Å². The van der Waals surface area contributed by atoms with Gasteiger partial charge < -0.3 is 5.32 Å². The summed E-state index contributed by atoms with van der Waals surface area (Å²) >= 11 is 3.43. The summed E-state index contributed by atoms with van der Waals surface area (Å²) in [5.74, 6) is 0. The van der Waals surface area contributed by atoms with Crippen molar-refractivity contribution in [3.63, 3.8) is 0 Å². The molecule has 1 aromatic rings. The molecular formula is C16H23BrN2. The van der Waals surface area contributed by atoms with Crippen LogP contribution in [0.15, 0.2) is 22.7 Å². The van der Waals surface area contributed by atoms with E-state index in [0.717, 1.165) is 16.7 Å². The first kappa shape index (κ1) is 16.0. The Balaban J connectivity index is 2.56. The molecule has 1 N–H and O–H groups in total. The second-order valence-corrected chi connectivity index (χ2v) is 6.73. The molecule has 0 bridgehead atoms. The zero-order chi connectivity index (χ0) is 14.3. The van der Waals surface area contributed by atoms with Crippen LogP contribution in [0, 0.1) is 16.7 Å². The summed E-state index contributed by atoms with van der Waals surface area (Å²) in [6.07, 6.45) is 5.08. The van der Waals surface area contributed by atoms with Crippen molar-refractivity contribution >= 4 is 21.6 Å². The van der Waals surface area contributed by atoms with Crippen molar-refractivity contribution in [3.8, 4) is 6.07 Å². The second-order valence-electron chi connectivity index (χ2n) is 5.82. The monoisotopic (exact) mass is 322 g/mol. The lowest BCUT2D eigenvalue weighted by Crippen LogP contribution is -2.23. The number of hydrogen-bond acceptors (Lipinski definition) is 2. The summed E-state index contributed by atoms with van der Waals surface area (Å²) in [5.41, 5.74) is 1.97. The molecule has 0 saturated carbocycles. The lowest BCUT2D eigenvalue weighted by atomic mass is 9.87. The molecule has 0 spiro atoms. The molecule has 0 aliphatic carbocycles. The van der Waals surface area contributed by atoms with Crippen molar-refractivity contribution in [1.29, 1.82) is 5.26 Å². The Morgan fingerprint density at radius 2 is 2.00 bits per heavy atom. The van der Waals surface area contributed by atoms with Crippen LogP contribution in [0.25, 0.3) is 0 Å². The molecule has 2 nitrogen and oxygen atoms in total. The average molecular weight is 323 g/mol. The van der Waals surface area contributed by atoms with E-state index in [9.17, 15) is 0 Å². The van der Waals surface area contributed by atoms with E-state index in [4.69, 9.17) is 5.26 Å². The molecule has 0 radical (unpaired) electrons. The minimum absolute atomic E-state index is 0.282. The number of rotatable bonds is 7. The van der Waals surface area contributed by atoms with E-state index in [0.29, 0.717) is 5.56 Å². The Bertz CT molecular complexity index is 447. The van der Waals surface area contributed by atoms with Crippen LogP contribution in [0.4, 0.5) is 5.69 Å². The van der Waals surface area contributed by atoms with Crippen LogP contribution in [0.5, 0.6) is 0 Å². The standard InChI is InChI=1S/C16H23BrN2/c1-4-5-6-7-16(2,3)12-19-15-9-13(11-18)8-14(17)10-15/h8-10,19H,4-7,12H2,1-3H3. The number of hydrogen-bond donors (Lipinski definition) is 1. The number of nitrogens with zero attached hydrogens (tertiary/aromatic N) is 1. The van der Waals surface area contributed by atoms with Gasteiger partial charge in [0.2, 0.25) is 0 Å². The van der Waals surface area contributed by atoms with Gasteiger partial charge in [0.1, 0.15) is 0 Å². The quantitative estimate of drug-likeness (QED) is 0.688. The van der Waals surface area contributed by atoms with Gasteiger partial charge in [-0.3, -0.25) is 0 Å². The van der Waals surface area contributed by atoms with E-state index in [-0.39, 0.29) is 5.41 Å². The van der Waals surface area contributed by atoms with E-state index in [1.807, 2.05) is 18.2 Å². The van der Waals surface area contributed by atoms with E-state index in [2.05, 4.69) is 48.1 Å². The number of anilines is 1. The van der Waals surface area contributed by atoms with Crippen LogP contribution < -0.4 is 5.32 Å². The summed E-state index contributed by atoms with van der Waals surface area (Å²) in [7, 11) is 0. The van der Waals surface area contributed by atoms with Crippen LogP contribution in [0.2, 0.25) is 0 Å². The lowest BCUT2D eigenvalue weighted by molar-refractivity contribution is 0.342. The summed E-state index contributed by atoms with van der Waals surface area (Å²) in [5, 5.41) is 12.4. The van der Waals surface area contributed by atoms with Crippen LogP contribution in [-0.2, 0) is 0 Å². The highest BCUT2D eigenvalue weighted by Crippen LogP contribution is 2.26. The third kappa shape index (κ3) is 6.11. The summed E-state index contributed by atoms with van der Waals surface area (Å²) in [4.78, 5) is 0. The first-order valence-electron chi connectivity index (χ1n) is 6.91. The Morgan fingerprint density at radius 3 is 2.63 bits per heavy atom. The van der Waals surface area contributed by atoms with Crippen molar-refractivity contribution in [3.05, 3.63) is 28.2 Å². The molecule has 19 heavy (non-hydrogen) atoms. The number of nitriles is 1. The highest BCUT2D eigenvalue weighted by Gasteiger charge is 2.17. The molecule has 0 fully saturated rings. The Morgan fingerprint density at radius 1 is 1.26 bits per heavy atom. The zero-order valence-electron chi connectivity index (χ0n) is 12.1. The predicted octanol–water partition coefficient (Wildman–Crippen LogP) is 5.34. The van der Waals surface area contributed by atoms with Crippen LogP contribution in [-0.4, -0.2) is 6.54 Å². The molecule has 0 heterocycles. The average Bonchev–Trinajstić information content (AvgIpc) is 2.36. The molecule has 3 heteroatoms. The predicted molar refractivity (Wildman–Crippen MR) is 85.3 cm³/mol. The second kappa shape index (κ2) is 7.55. The lowest BCUT2D eigenvalue weighted by Gasteiger charge is -2.25. The Hall–Kier alpha value is -1.01. The maximum atomic E-state index is 8.96. The number of benzene rings is 1. The third-order valence-electron chi connectivity index (χ3n) is 3.26. The van der Waals surface area contributed by atoms with E-state index in [1.165, 1.54) is 25.7 Å². The van der Waals surface area contributed by atoms with Crippen molar-refractivity contribution < 1.29 is 0 Å². The fourth-order valence-electron chi connectivity index (χ4n) is 2.04. The van der Waals surface area contributed by atoms with E-state index >= 15 is 0 Å². The van der Waals surface area contributed by atoms with Gasteiger partial charge in [0.15, 0.2) is 0 Å². The number of unbranched alkanes of at least 4 members (excludes halogenated alkanes) is 2. The first-order chi connectivity index (χ1) is 8.96. The first-order valence-corrected chi connectivity index (χ1v) is 7.71. The van der Waals surface area contributed by atoms with Crippen molar-refractivity contribution in [1.82, 2.24) is 0 Å². The van der Waals surface area contributed by atoms with E-state index in [1.54, 1.807) is 0 Å². The topological polar surface area (TPSA) is 35.8 Å². The minimum Gasteiger partial charge on any atom is -0.384 e. The van der Waals surface area contributed by atoms with Gasteiger partial charge in [0, 0.05) is 16.7 Å². The third-order valence-corrected chi connectivity index (χ3v) is 3.71. The summed E-state index contributed by atoms with van der Waals surface area (Å²) < 4.78 is 0.942. The largest absolute Gasteiger partial charge is 0.384 e. The minimum atomic E-state index is 0.282. The molecule has 0 unspecified atom stereocenters. The molecular weight excluding hydrogens is 300 g/mol. The Kier molecular flexibility index (Phi) is 6.37. The van der Waals surface area contributed by atoms with Gasteiger partial charge in [-0.2, -0.15) is 5.26 Å². The maximum Gasteiger partial charge on any atom is 0.0992 e. The van der Waals surface area contributed by atoms with Crippen LogP contribution >= 0.6 is 15.9 Å². The van der Waals surface area contributed by atoms with Crippen LogP contribution in [0.3, 0.4) is 0 Å². The molecule has 1 rings (SSSR count). The molecule has 0 saturated heterocycles. The van der Waals surface area contributed by atoms with Gasteiger partial charge in [-0.15, -0.1) is 0 Å². The smallest absolute Gasteiger partial charge is 0.0992 e. The van der Waals surface area contributed by atoms with Gasteiger partial charge in [0.25, 0.3) is 0 Å². The Labute approximate surface area is 125 Å². The SMILES string of the molecule is CCCCCC(C)(C)CNc1cc(Br)cc(C#N)c1. The highest BCUT2D eigenvalue weighted by atomic mass is 79.9. The molecule has 104 valence electrons. The van der Waals surface area contributed by atoms with Crippen molar-refractivity contribution in [2.75, 3.05) is 11.9 Å². The van der Waals surface area contributed by atoms with Gasteiger partial charge in [-0.05, 0) is 30.0 Å². The summed E-state index contributed by atoms with van der Waals surface area (Å²) in [6, 6.07) is 7.92. The number of halogens is 1. The number of nitrogens with one attached hydrogen (secondary N) is 1. The maximum absolute atomic E-state index is 8.96. The fraction of sp³-hybridized carbons (Fsp3) is 0.562. The van der Waals surface area contributed by atoms with Crippen molar-refractivity contribution in [2.24, 2.45) is 5.41 Å². The molecule has 0 aromatic heterocycles. The zero-order valence-corrected chi connectivity index (χ0v) is 13.7. The van der Waals surface area contributed by atoms with Crippen LogP contribution in [0.1, 0.15) is 52.0 Å². The van der Waals surface area contributed by atoms with Gasteiger partial charge >= 0.3 is 0 Å². The molecule has 0 amide bonds. The summed E-state index contributed by atoms with van der Waals surface area (Å²) in [6.45, 7) is 7.74. The van der Waals surface area contributed by atoms with Gasteiger partial charge in [-0.1, -0.05) is 56.0 Å². The molecule has 0 atom stereocenters. The molecule has 0 aliphatic rings. The molecule has 1 aromatic carbocycles. The fourth-order valence-corrected chi connectivity index (χ4v) is 2.53. The van der Waals surface area contributed by atoms with E-state index < -0.39 is 0 Å². The normalized spacial score (nSPS) is 11.1.